The van der Waals surface area contributed by atoms with E-state index in [9.17, 15) is 14.4 Å². The number of esters is 1. The molecule has 0 bridgehead atoms. The van der Waals surface area contributed by atoms with Crippen LogP contribution in [0.5, 0.6) is 0 Å². The first-order valence-corrected chi connectivity index (χ1v) is 9.83. The molecule has 2 rings (SSSR count). The molecule has 0 heterocycles. The van der Waals surface area contributed by atoms with E-state index in [2.05, 4.69) is 10.6 Å². The summed E-state index contributed by atoms with van der Waals surface area (Å²) >= 11 is 0. The summed E-state index contributed by atoms with van der Waals surface area (Å²) in [6, 6.07) is 9.00. The molecule has 27 heavy (non-hydrogen) atoms. The third-order valence-electron chi connectivity index (χ3n) is 5.16. The second kappa shape index (κ2) is 10.7. The number of imide groups is 1. The van der Waals surface area contributed by atoms with Gasteiger partial charge in [0.2, 0.25) is 0 Å². The molecule has 1 saturated carbocycles. The molecule has 1 aliphatic rings. The summed E-state index contributed by atoms with van der Waals surface area (Å²) in [4.78, 5) is 36.4. The number of benzene rings is 1. The monoisotopic (exact) mass is 374 g/mol. The minimum absolute atomic E-state index is 0.0811. The van der Waals surface area contributed by atoms with Crippen LogP contribution in [0.15, 0.2) is 30.3 Å². The van der Waals surface area contributed by atoms with E-state index >= 15 is 0 Å². The average molecular weight is 374 g/mol. The Balaban J connectivity index is 1.83. The predicted octanol–water partition coefficient (Wildman–Crippen LogP) is 3.52. The minimum atomic E-state index is -0.618. The summed E-state index contributed by atoms with van der Waals surface area (Å²) in [5, 5.41) is 5.04. The molecule has 6 heteroatoms. The smallest absolute Gasteiger partial charge is 0.321 e. The summed E-state index contributed by atoms with van der Waals surface area (Å²) in [5.74, 6) is -1.41. The fraction of sp³-hybridized carbons (Fsp3) is 0.571. The Morgan fingerprint density at radius 2 is 1.78 bits per heavy atom. The van der Waals surface area contributed by atoms with Crippen molar-refractivity contribution < 1.29 is 19.1 Å². The maximum absolute atomic E-state index is 12.5. The van der Waals surface area contributed by atoms with Crippen LogP contribution < -0.4 is 10.6 Å². The molecule has 1 aromatic carbocycles. The van der Waals surface area contributed by atoms with Gasteiger partial charge in [0.15, 0.2) is 6.61 Å². The van der Waals surface area contributed by atoms with Gasteiger partial charge < -0.3 is 10.1 Å². The van der Waals surface area contributed by atoms with E-state index in [1.165, 1.54) is 6.42 Å². The van der Waals surface area contributed by atoms with Crippen molar-refractivity contribution >= 4 is 17.9 Å². The fourth-order valence-corrected chi connectivity index (χ4v) is 3.45. The van der Waals surface area contributed by atoms with E-state index in [0.29, 0.717) is 0 Å². The first-order valence-electron chi connectivity index (χ1n) is 9.83. The van der Waals surface area contributed by atoms with Gasteiger partial charge in [0.1, 0.15) is 0 Å². The summed E-state index contributed by atoms with van der Waals surface area (Å²) in [6.07, 6.45) is 6.05. The minimum Gasteiger partial charge on any atom is -0.455 e. The molecule has 3 amide bonds. The van der Waals surface area contributed by atoms with Crippen LogP contribution in [0.1, 0.15) is 63.9 Å². The number of carbonyl (C=O) groups is 3. The van der Waals surface area contributed by atoms with Gasteiger partial charge in [-0.15, -0.1) is 0 Å². The molecule has 0 aromatic heterocycles. The van der Waals surface area contributed by atoms with Crippen molar-refractivity contribution in [2.75, 3.05) is 6.61 Å². The number of urea groups is 1. The van der Waals surface area contributed by atoms with E-state index in [0.717, 1.165) is 37.7 Å². The van der Waals surface area contributed by atoms with Crippen molar-refractivity contribution in [2.24, 2.45) is 5.92 Å². The maximum Gasteiger partial charge on any atom is 0.321 e. The first kappa shape index (κ1) is 20.9. The number of carbonyl (C=O) groups excluding carboxylic acids is 3. The van der Waals surface area contributed by atoms with Crippen LogP contribution >= 0.6 is 0 Å². The van der Waals surface area contributed by atoms with Crippen LogP contribution in [-0.2, 0) is 14.3 Å². The average Bonchev–Trinajstić information content (AvgIpc) is 2.68. The lowest BCUT2D eigenvalue weighted by atomic mass is 9.86. The van der Waals surface area contributed by atoms with Crippen LogP contribution in [0.25, 0.3) is 0 Å². The van der Waals surface area contributed by atoms with E-state index in [1.54, 1.807) is 0 Å². The van der Waals surface area contributed by atoms with Crippen molar-refractivity contribution in [1.29, 1.82) is 0 Å². The zero-order valence-electron chi connectivity index (χ0n) is 16.2. The van der Waals surface area contributed by atoms with Gasteiger partial charge in [-0.1, -0.05) is 69.9 Å². The SMILES string of the molecule is CC[C@H](C)[C@H](C(=O)OCC(=O)NC(=O)NC1CCCCC1)c1ccccc1. The van der Waals surface area contributed by atoms with Gasteiger partial charge in [-0.3, -0.25) is 14.9 Å². The topological polar surface area (TPSA) is 84.5 Å². The largest absolute Gasteiger partial charge is 0.455 e. The molecule has 0 unspecified atom stereocenters. The second-order valence-electron chi connectivity index (χ2n) is 7.24. The van der Waals surface area contributed by atoms with Gasteiger partial charge in [-0.2, -0.15) is 0 Å². The number of hydrogen-bond acceptors (Lipinski definition) is 4. The molecule has 6 nitrogen and oxygen atoms in total. The third kappa shape index (κ3) is 6.70. The van der Waals surface area contributed by atoms with E-state index in [-0.39, 0.29) is 12.0 Å². The van der Waals surface area contributed by atoms with E-state index < -0.39 is 30.4 Å². The number of ether oxygens (including phenoxy) is 1. The number of rotatable bonds is 7. The van der Waals surface area contributed by atoms with Gasteiger partial charge in [0.05, 0.1) is 5.92 Å². The van der Waals surface area contributed by atoms with Crippen LogP contribution in [-0.4, -0.2) is 30.6 Å². The standard InChI is InChI=1S/C21H30N2O4/c1-3-15(2)19(16-10-6-4-7-11-16)20(25)27-14-18(24)23-21(26)22-17-12-8-5-9-13-17/h4,6-7,10-11,15,17,19H,3,5,8-9,12-14H2,1-2H3,(H2,22,23,24,26)/t15-,19-/m0/s1. The highest BCUT2D eigenvalue weighted by molar-refractivity contribution is 5.95. The molecule has 0 saturated heterocycles. The van der Waals surface area contributed by atoms with Crippen LogP contribution in [0.2, 0.25) is 0 Å². The highest BCUT2D eigenvalue weighted by Crippen LogP contribution is 2.28. The van der Waals surface area contributed by atoms with Crippen molar-refractivity contribution in [2.45, 2.75) is 64.3 Å². The van der Waals surface area contributed by atoms with Gasteiger partial charge in [0, 0.05) is 6.04 Å². The summed E-state index contributed by atoms with van der Waals surface area (Å²) in [7, 11) is 0. The summed E-state index contributed by atoms with van der Waals surface area (Å²) in [5.41, 5.74) is 0.868. The van der Waals surface area contributed by atoms with Crippen molar-refractivity contribution in [1.82, 2.24) is 10.6 Å². The Kier molecular flexibility index (Phi) is 8.30. The van der Waals surface area contributed by atoms with Gasteiger partial charge in [-0.05, 0) is 24.3 Å². The molecular formula is C21H30N2O4. The maximum atomic E-state index is 12.5. The molecule has 148 valence electrons. The third-order valence-corrected chi connectivity index (χ3v) is 5.16. The van der Waals surface area contributed by atoms with Crippen molar-refractivity contribution in [3.63, 3.8) is 0 Å². The van der Waals surface area contributed by atoms with E-state index in [1.807, 2.05) is 44.2 Å². The summed E-state index contributed by atoms with van der Waals surface area (Å²) < 4.78 is 5.20. The number of nitrogens with one attached hydrogen (secondary N) is 2. The molecule has 0 spiro atoms. The van der Waals surface area contributed by atoms with Crippen molar-refractivity contribution in [3.8, 4) is 0 Å². The van der Waals surface area contributed by atoms with Crippen LogP contribution in [0, 0.1) is 5.92 Å². The van der Waals surface area contributed by atoms with Gasteiger partial charge >= 0.3 is 12.0 Å². The zero-order valence-corrected chi connectivity index (χ0v) is 16.2. The lowest BCUT2D eigenvalue weighted by Crippen LogP contribution is -2.46. The molecule has 0 aliphatic heterocycles. The highest BCUT2D eigenvalue weighted by Gasteiger charge is 2.28. The number of amides is 3. The Hall–Kier alpha value is -2.37. The lowest BCUT2D eigenvalue weighted by Gasteiger charge is -2.23. The zero-order chi connectivity index (χ0) is 19.6. The first-order chi connectivity index (χ1) is 13.0. The fourth-order valence-electron chi connectivity index (χ4n) is 3.45. The molecule has 1 fully saturated rings. The Labute approximate surface area is 161 Å². The normalized spacial score (nSPS) is 16.8. The quantitative estimate of drug-likeness (QED) is 0.715. The molecule has 2 atom stereocenters. The Bertz CT molecular complexity index is 626. The molecule has 1 aromatic rings. The lowest BCUT2D eigenvalue weighted by molar-refractivity contribution is -0.151. The molecular weight excluding hydrogens is 344 g/mol. The molecule has 2 N–H and O–H groups in total. The molecule has 0 radical (unpaired) electrons. The summed E-state index contributed by atoms with van der Waals surface area (Å²) in [6.45, 7) is 3.53. The van der Waals surface area contributed by atoms with Crippen LogP contribution in [0.4, 0.5) is 4.79 Å². The van der Waals surface area contributed by atoms with Gasteiger partial charge in [0.25, 0.3) is 5.91 Å². The predicted molar refractivity (Wildman–Crippen MR) is 103 cm³/mol. The second-order valence-corrected chi connectivity index (χ2v) is 7.24. The number of hydrogen-bond donors (Lipinski definition) is 2. The Morgan fingerprint density at radius 1 is 1.11 bits per heavy atom. The van der Waals surface area contributed by atoms with Crippen LogP contribution in [0.3, 0.4) is 0 Å². The molecule has 1 aliphatic carbocycles. The van der Waals surface area contributed by atoms with Gasteiger partial charge in [-0.25, -0.2) is 4.79 Å². The highest BCUT2D eigenvalue weighted by atomic mass is 16.5. The Morgan fingerprint density at radius 3 is 2.41 bits per heavy atom. The van der Waals surface area contributed by atoms with Crippen molar-refractivity contribution in [3.05, 3.63) is 35.9 Å². The van der Waals surface area contributed by atoms with E-state index in [4.69, 9.17) is 4.74 Å².